The maximum absolute atomic E-state index is 14.0. The van der Waals surface area contributed by atoms with Crippen molar-refractivity contribution in [1.82, 2.24) is 10.2 Å². The number of rotatable bonds is 12. The molecule has 8 heteroatoms. The first-order chi connectivity index (χ1) is 19.9. The van der Waals surface area contributed by atoms with Gasteiger partial charge in [-0.1, -0.05) is 89.9 Å². The smallest absolute Gasteiger partial charge is 0.243 e. The third-order valence-electron chi connectivity index (χ3n) is 6.75. The molecule has 4 aromatic carbocycles. The summed E-state index contributed by atoms with van der Waals surface area (Å²) in [4.78, 5) is 29.5. The molecular weight excluding hydrogens is 559 g/mol. The number of nitrogens with zero attached hydrogens (tertiary/aromatic N) is 1. The van der Waals surface area contributed by atoms with Crippen molar-refractivity contribution in [2.45, 2.75) is 32.0 Å². The molecule has 1 atom stereocenters. The predicted octanol–water partition coefficient (Wildman–Crippen LogP) is 6.51. The molecule has 1 N–H and O–H groups in total. The number of benzene rings is 4. The first-order valence-corrected chi connectivity index (χ1v) is 13.9. The van der Waals surface area contributed by atoms with Gasteiger partial charge in [0.1, 0.15) is 6.04 Å². The number of amides is 2. The largest absolute Gasteiger partial charge is 0.493 e. The van der Waals surface area contributed by atoms with Crippen molar-refractivity contribution < 1.29 is 19.1 Å². The Hall–Kier alpha value is -4.00. The molecule has 0 unspecified atom stereocenters. The first kappa shape index (κ1) is 30.0. The van der Waals surface area contributed by atoms with Crippen LogP contribution in [-0.4, -0.2) is 37.0 Å². The van der Waals surface area contributed by atoms with E-state index in [1.807, 2.05) is 66.7 Å². The Bertz CT molecular complexity index is 1460. The predicted molar refractivity (Wildman–Crippen MR) is 162 cm³/mol. The summed E-state index contributed by atoms with van der Waals surface area (Å²) in [6, 6.07) is 28.9. The molecule has 0 saturated heterocycles. The molecule has 0 radical (unpaired) electrons. The summed E-state index contributed by atoms with van der Waals surface area (Å²) in [5, 5.41) is 4.17. The summed E-state index contributed by atoms with van der Waals surface area (Å²) in [6.07, 6.45) is 0.400. The van der Waals surface area contributed by atoms with Gasteiger partial charge >= 0.3 is 0 Å². The molecule has 0 heterocycles. The minimum absolute atomic E-state index is 0.0665. The molecule has 4 rings (SSSR count). The molecule has 0 saturated carbocycles. The number of hydrogen-bond donors (Lipinski definition) is 1. The van der Waals surface area contributed by atoms with Crippen molar-refractivity contribution in [2.24, 2.45) is 0 Å². The van der Waals surface area contributed by atoms with Gasteiger partial charge in [0.15, 0.2) is 11.5 Å². The van der Waals surface area contributed by atoms with E-state index in [1.54, 1.807) is 49.5 Å². The van der Waals surface area contributed by atoms with E-state index in [1.165, 1.54) is 0 Å². The lowest BCUT2D eigenvalue weighted by molar-refractivity contribution is -0.140. The Kier molecular flexibility index (Phi) is 10.7. The second kappa shape index (κ2) is 14.6. The van der Waals surface area contributed by atoms with E-state index in [0.717, 1.165) is 22.3 Å². The van der Waals surface area contributed by atoms with E-state index >= 15 is 0 Å². The van der Waals surface area contributed by atoms with Gasteiger partial charge < -0.3 is 19.7 Å². The summed E-state index contributed by atoms with van der Waals surface area (Å²) >= 11 is 12.5. The van der Waals surface area contributed by atoms with E-state index in [4.69, 9.17) is 32.7 Å². The molecule has 0 aliphatic carbocycles. The van der Waals surface area contributed by atoms with Crippen molar-refractivity contribution in [2.75, 3.05) is 14.2 Å². The van der Waals surface area contributed by atoms with Crippen molar-refractivity contribution in [3.8, 4) is 11.5 Å². The number of carbonyl (C=O) groups excluding carboxylic acids is 2. The van der Waals surface area contributed by atoms with Crippen LogP contribution in [0.2, 0.25) is 10.0 Å². The van der Waals surface area contributed by atoms with Gasteiger partial charge in [-0.25, -0.2) is 0 Å². The summed E-state index contributed by atoms with van der Waals surface area (Å²) in [6.45, 7) is 0.461. The zero-order valence-electron chi connectivity index (χ0n) is 23.0. The molecule has 0 aromatic heterocycles. The standard InChI is InChI=1S/C33H32Cl2N2O4/c1-40-30-17-14-25(19-31(30)41-2)20-32(38)37(22-24-12-15-27(34)16-13-24)29(18-23-8-4-3-5-9-23)33(39)36-21-26-10-6-7-11-28(26)35/h3-17,19,29H,18,20-22H2,1-2H3,(H,36,39)/t29-/m0/s1. The van der Waals surface area contributed by atoms with Crippen molar-refractivity contribution in [3.63, 3.8) is 0 Å². The maximum Gasteiger partial charge on any atom is 0.243 e. The van der Waals surface area contributed by atoms with Crippen molar-refractivity contribution in [3.05, 3.63) is 129 Å². The number of nitrogens with one attached hydrogen (secondary N) is 1. The second-order valence-electron chi connectivity index (χ2n) is 9.53. The summed E-state index contributed by atoms with van der Waals surface area (Å²) in [5.74, 6) is 0.618. The van der Waals surface area contributed by atoms with Crippen LogP contribution >= 0.6 is 23.2 Å². The summed E-state index contributed by atoms with van der Waals surface area (Å²) < 4.78 is 10.8. The van der Waals surface area contributed by atoms with Crippen LogP contribution in [0.4, 0.5) is 0 Å². The van der Waals surface area contributed by atoms with Gasteiger partial charge in [0.25, 0.3) is 0 Å². The fourth-order valence-corrected chi connectivity index (χ4v) is 4.88. The van der Waals surface area contributed by atoms with Crippen LogP contribution in [0, 0.1) is 0 Å². The highest BCUT2D eigenvalue weighted by Crippen LogP contribution is 2.28. The maximum atomic E-state index is 14.0. The number of carbonyl (C=O) groups is 2. The van der Waals surface area contributed by atoms with E-state index in [2.05, 4.69) is 5.32 Å². The topological polar surface area (TPSA) is 67.9 Å². The van der Waals surface area contributed by atoms with E-state index < -0.39 is 6.04 Å². The fourth-order valence-electron chi connectivity index (χ4n) is 4.55. The number of ether oxygens (including phenoxy) is 2. The third-order valence-corrected chi connectivity index (χ3v) is 7.37. The quantitative estimate of drug-likeness (QED) is 0.204. The molecule has 0 aliphatic rings. The summed E-state index contributed by atoms with van der Waals surface area (Å²) in [7, 11) is 3.11. The fraction of sp³-hybridized carbons (Fsp3) is 0.212. The molecule has 4 aromatic rings. The first-order valence-electron chi connectivity index (χ1n) is 13.2. The van der Waals surface area contributed by atoms with Crippen molar-refractivity contribution in [1.29, 1.82) is 0 Å². The molecule has 0 aliphatic heterocycles. The molecule has 41 heavy (non-hydrogen) atoms. The molecule has 0 bridgehead atoms. The normalized spacial score (nSPS) is 11.4. The molecule has 0 spiro atoms. The number of methoxy groups -OCH3 is 2. The van der Waals surface area contributed by atoms with Crippen LogP contribution < -0.4 is 14.8 Å². The van der Waals surface area contributed by atoms with Gasteiger partial charge in [0.05, 0.1) is 20.6 Å². The molecule has 0 fully saturated rings. The average molecular weight is 592 g/mol. The zero-order valence-corrected chi connectivity index (χ0v) is 24.5. The van der Waals surface area contributed by atoms with Gasteiger partial charge in [0.2, 0.25) is 11.8 Å². The lowest BCUT2D eigenvalue weighted by atomic mass is 10.0. The Morgan fingerprint density at radius 1 is 0.780 bits per heavy atom. The molecular formula is C33H32Cl2N2O4. The van der Waals surface area contributed by atoms with E-state index in [9.17, 15) is 9.59 Å². The Balaban J connectivity index is 1.67. The third kappa shape index (κ3) is 8.26. The molecule has 6 nitrogen and oxygen atoms in total. The Morgan fingerprint density at radius 3 is 2.12 bits per heavy atom. The van der Waals surface area contributed by atoms with Gasteiger partial charge in [-0.15, -0.1) is 0 Å². The van der Waals surface area contributed by atoms with Gasteiger partial charge in [-0.05, 0) is 52.6 Å². The average Bonchev–Trinajstić information content (AvgIpc) is 2.99. The number of halogens is 2. The zero-order chi connectivity index (χ0) is 29.2. The van der Waals surface area contributed by atoms with Crippen LogP contribution in [0.25, 0.3) is 0 Å². The monoisotopic (exact) mass is 590 g/mol. The van der Waals surface area contributed by atoms with Crippen LogP contribution in [0.15, 0.2) is 97.1 Å². The highest BCUT2D eigenvalue weighted by Gasteiger charge is 2.30. The van der Waals surface area contributed by atoms with E-state index in [-0.39, 0.29) is 31.3 Å². The van der Waals surface area contributed by atoms with Crippen molar-refractivity contribution >= 4 is 35.0 Å². The van der Waals surface area contributed by atoms with Crippen LogP contribution in [0.5, 0.6) is 11.5 Å². The van der Waals surface area contributed by atoms with Crippen LogP contribution in [0.3, 0.4) is 0 Å². The van der Waals surface area contributed by atoms with E-state index in [0.29, 0.717) is 28.0 Å². The molecule has 212 valence electrons. The lowest BCUT2D eigenvalue weighted by Gasteiger charge is -2.32. The van der Waals surface area contributed by atoms with Gasteiger partial charge in [-0.3, -0.25) is 9.59 Å². The van der Waals surface area contributed by atoms with Gasteiger partial charge in [-0.2, -0.15) is 0 Å². The SMILES string of the molecule is COc1ccc(CC(=O)N(Cc2ccc(Cl)cc2)[C@@H](Cc2ccccc2)C(=O)NCc2ccccc2Cl)cc1OC. The summed E-state index contributed by atoms with van der Waals surface area (Å²) in [5.41, 5.74) is 3.32. The molecule has 2 amide bonds. The Morgan fingerprint density at radius 2 is 1.44 bits per heavy atom. The van der Waals surface area contributed by atoms with Gasteiger partial charge in [0, 0.05) is 29.6 Å². The minimum Gasteiger partial charge on any atom is -0.493 e. The highest BCUT2D eigenvalue weighted by atomic mass is 35.5. The van der Waals surface area contributed by atoms with Crippen LogP contribution in [-0.2, 0) is 35.5 Å². The lowest BCUT2D eigenvalue weighted by Crippen LogP contribution is -2.50. The van der Waals surface area contributed by atoms with Crippen LogP contribution in [0.1, 0.15) is 22.3 Å². The Labute approximate surface area is 250 Å². The number of hydrogen-bond acceptors (Lipinski definition) is 4. The second-order valence-corrected chi connectivity index (χ2v) is 10.4. The minimum atomic E-state index is -0.789. The highest BCUT2D eigenvalue weighted by molar-refractivity contribution is 6.31.